The fourth-order valence-corrected chi connectivity index (χ4v) is 6.16. The van der Waals surface area contributed by atoms with Crippen molar-refractivity contribution in [1.82, 2.24) is 20.2 Å². The molecule has 2 aromatic heterocycles. The van der Waals surface area contributed by atoms with Gasteiger partial charge in [-0.05, 0) is 55.2 Å². The number of ether oxygens (including phenoxy) is 4. The lowest BCUT2D eigenvalue weighted by Gasteiger charge is -2.18. The number of hydrogen-bond donors (Lipinski definition) is 2. The summed E-state index contributed by atoms with van der Waals surface area (Å²) in [5.41, 5.74) is 1.20. The molecule has 2 N–H and O–H groups in total. The number of thioether (sulfide) groups is 1. The Hall–Kier alpha value is -4.65. The molecule has 2 aliphatic heterocycles. The molecule has 4 heterocycles. The highest BCUT2D eigenvalue weighted by Gasteiger charge is 2.24. The Morgan fingerprint density at radius 3 is 2.49 bits per heavy atom. The van der Waals surface area contributed by atoms with Gasteiger partial charge in [0.15, 0.2) is 28.2 Å². The zero-order chi connectivity index (χ0) is 31.2. The van der Waals surface area contributed by atoms with Crippen molar-refractivity contribution in [2.45, 2.75) is 69.1 Å². The van der Waals surface area contributed by atoms with Crippen molar-refractivity contribution in [3.8, 4) is 23.0 Å². The molecule has 6 rings (SSSR count). The first-order valence-electron chi connectivity index (χ1n) is 14.9. The van der Waals surface area contributed by atoms with Crippen LogP contribution in [0.5, 0.6) is 23.0 Å². The van der Waals surface area contributed by atoms with E-state index in [1.54, 1.807) is 35.1 Å². The van der Waals surface area contributed by atoms with Gasteiger partial charge >= 0.3 is 0 Å². The average molecular weight is 635 g/mol. The summed E-state index contributed by atoms with van der Waals surface area (Å²) in [5, 5.41) is 6.25. The maximum absolute atomic E-state index is 13.8. The van der Waals surface area contributed by atoms with Crippen LogP contribution < -0.4 is 35.1 Å². The Labute approximate surface area is 263 Å². The number of benzene rings is 2. The van der Waals surface area contributed by atoms with E-state index in [0.29, 0.717) is 83.6 Å². The molecule has 0 saturated heterocycles. The lowest BCUT2D eigenvalue weighted by molar-refractivity contribution is -0.122. The van der Waals surface area contributed by atoms with E-state index >= 15 is 0 Å². The Morgan fingerprint density at radius 1 is 0.933 bits per heavy atom. The third-order valence-corrected chi connectivity index (χ3v) is 8.91. The number of rotatable bonds is 14. The van der Waals surface area contributed by atoms with E-state index in [9.17, 15) is 14.4 Å². The zero-order valence-corrected chi connectivity index (χ0v) is 25.7. The molecule has 1 unspecified atom stereocenters. The van der Waals surface area contributed by atoms with Gasteiger partial charge in [-0.15, -0.1) is 0 Å². The molecule has 0 aliphatic carbocycles. The van der Waals surface area contributed by atoms with Gasteiger partial charge < -0.3 is 34.0 Å². The van der Waals surface area contributed by atoms with Gasteiger partial charge in [-0.25, -0.2) is 4.98 Å². The second-order valence-corrected chi connectivity index (χ2v) is 11.8. The lowest BCUT2D eigenvalue weighted by atomic mass is 10.1. The number of aromatic nitrogens is 2. The molecule has 0 spiro atoms. The van der Waals surface area contributed by atoms with Crippen LogP contribution in [0.15, 0.2) is 63.1 Å². The minimum atomic E-state index is -0.474. The standard InChI is InChI=1S/C32H34N4O8S/c1-2-28(30(38)34-17-21-7-6-12-40-21)45-32-35-23-15-27-26(43-19-44-27)14-22(23)31(39)36(32)11-5-3-4-8-29(37)33-16-20-9-10-24-25(13-20)42-18-41-24/h6-7,9-10,12-15,28H,2-5,8,11,16-19H2,1H3,(H,33,37)(H,34,38). The Kier molecular flexibility index (Phi) is 9.44. The molecule has 0 saturated carbocycles. The topological polar surface area (TPSA) is 143 Å². The quantitative estimate of drug-likeness (QED) is 0.116. The van der Waals surface area contributed by atoms with Gasteiger partial charge in [0.2, 0.25) is 25.4 Å². The minimum absolute atomic E-state index is 0.0455. The molecular weight excluding hydrogens is 600 g/mol. The van der Waals surface area contributed by atoms with Crippen molar-refractivity contribution in [3.05, 3.63) is 70.4 Å². The fourth-order valence-electron chi connectivity index (χ4n) is 5.10. The number of carbonyl (C=O) groups is 2. The van der Waals surface area contributed by atoms with Gasteiger partial charge in [0.1, 0.15) is 5.76 Å². The molecule has 45 heavy (non-hydrogen) atoms. The first-order valence-corrected chi connectivity index (χ1v) is 15.8. The molecule has 0 bridgehead atoms. The molecule has 4 aromatic rings. The number of carbonyl (C=O) groups excluding carboxylic acids is 2. The van der Waals surface area contributed by atoms with Crippen LogP contribution >= 0.6 is 11.8 Å². The van der Waals surface area contributed by atoms with Crippen LogP contribution in [0, 0.1) is 0 Å². The van der Waals surface area contributed by atoms with E-state index in [1.807, 2.05) is 25.1 Å². The van der Waals surface area contributed by atoms with Gasteiger partial charge in [0.05, 0.1) is 29.0 Å². The predicted molar refractivity (Wildman–Crippen MR) is 165 cm³/mol. The molecule has 2 amide bonds. The van der Waals surface area contributed by atoms with Crippen molar-refractivity contribution in [1.29, 1.82) is 0 Å². The normalized spacial score (nSPS) is 13.6. The molecule has 2 aromatic carbocycles. The summed E-state index contributed by atoms with van der Waals surface area (Å²) in [4.78, 5) is 44.1. The lowest BCUT2D eigenvalue weighted by Crippen LogP contribution is -2.33. The molecule has 1 atom stereocenters. The number of nitrogens with one attached hydrogen (secondary N) is 2. The summed E-state index contributed by atoms with van der Waals surface area (Å²) >= 11 is 1.26. The van der Waals surface area contributed by atoms with Crippen molar-refractivity contribution in [3.63, 3.8) is 0 Å². The van der Waals surface area contributed by atoms with Crippen LogP contribution in [0.25, 0.3) is 10.9 Å². The van der Waals surface area contributed by atoms with Crippen molar-refractivity contribution in [2.24, 2.45) is 0 Å². The number of amides is 2. The number of nitrogens with zero attached hydrogens (tertiary/aromatic N) is 2. The molecule has 236 valence electrons. The largest absolute Gasteiger partial charge is 0.467 e. The first kappa shape index (κ1) is 30.4. The van der Waals surface area contributed by atoms with Gasteiger partial charge in [0, 0.05) is 25.6 Å². The first-order chi connectivity index (χ1) is 22.0. The van der Waals surface area contributed by atoms with Crippen molar-refractivity contribution >= 4 is 34.5 Å². The predicted octanol–water partition coefficient (Wildman–Crippen LogP) is 4.51. The summed E-state index contributed by atoms with van der Waals surface area (Å²) in [6, 6.07) is 12.5. The Morgan fingerprint density at radius 2 is 1.71 bits per heavy atom. The summed E-state index contributed by atoms with van der Waals surface area (Å²) in [5.74, 6) is 2.86. The maximum atomic E-state index is 13.8. The second kappa shape index (κ2) is 14.0. The number of unbranched alkanes of at least 4 members (excludes halogenated alkanes) is 2. The SMILES string of the molecule is CCC(Sc1nc2cc3c(cc2c(=O)n1CCCCCC(=O)NCc1ccc2c(c1)OCO2)OCO3)C(=O)NCc1ccco1. The maximum Gasteiger partial charge on any atom is 0.262 e. The Balaban J connectivity index is 1.08. The highest BCUT2D eigenvalue weighted by atomic mass is 32.2. The van der Waals surface area contributed by atoms with Crippen LogP contribution in [0.4, 0.5) is 0 Å². The van der Waals surface area contributed by atoms with E-state index in [2.05, 4.69) is 10.6 Å². The number of furan rings is 1. The Bertz CT molecular complexity index is 1740. The van der Waals surface area contributed by atoms with E-state index in [1.165, 1.54) is 11.8 Å². The number of fused-ring (bicyclic) bond motifs is 3. The van der Waals surface area contributed by atoms with Gasteiger partial charge in [-0.1, -0.05) is 31.2 Å². The average Bonchev–Trinajstić information content (AvgIpc) is 3.83. The third-order valence-electron chi connectivity index (χ3n) is 7.55. The van der Waals surface area contributed by atoms with E-state index < -0.39 is 5.25 Å². The van der Waals surface area contributed by atoms with E-state index in [4.69, 9.17) is 28.3 Å². The van der Waals surface area contributed by atoms with E-state index in [0.717, 1.165) is 12.0 Å². The third kappa shape index (κ3) is 7.19. The zero-order valence-electron chi connectivity index (χ0n) is 24.8. The monoisotopic (exact) mass is 634 g/mol. The van der Waals surface area contributed by atoms with Crippen LogP contribution in [-0.4, -0.2) is 40.2 Å². The summed E-state index contributed by atoms with van der Waals surface area (Å²) in [6.45, 7) is 3.28. The van der Waals surface area contributed by atoms with Crippen molar-refractivity contribution < 1.29 is 33.0 Å². The fraction of sp³-hybridized carbons (Fsp3) is 0.375. The molecule has 0 fully saturated rings. The van der Waals surface area contributed by atoms with Gasteiger partial charge in [-0.2, -0.15) is 0 Å². The minimum Gasteiger partial charge on any atom is -0.467 e. The van der Waals surface area contributed by atoms with Crippen LogP contribution in [0.3, 0.4) is 0 Å². The number of hydrogen-bond acceptors (Lipinski definition) is 10. The molecule has 0 radical (unpaired) electrons. The van der Waals surface area contributed by atoms with E-state index in [-0.39, 0.29) is 37.5 Å². The highest BCUT2D eigenvalue weighted by molar-refractivity contribution is 8.00. The molecule has 12 nitrogen and oxygen atoms in total. The smallest absolute Gasteiger partial charge is 0.262 e. The van der Waals surface area contributed by atoms with Crippen LogP contribution in [-0.2, 0) is 29.2 Å². The molecule has 2 aliphatic rings. The van der Waals surface area contributed by atoms with Crippen LogP contribution in [0.2, 0.25) is 0 Å². The van der Waals surface area contributed by atoms with Crippen molar-refractivity contribution in [2.75, 3.05) is 13.6 Å². The summed E-state index contributed by atoms with van der Waals surface area (Å²) in [7, 11) is 0. The second-order valence-electron chi connectivity index (χ2n) is 10.7. The molecule has 13 heteroatoms. The summed E-state index contributed by atoms with van der Waals surface area (Å²) in [6.07, 6.45) is 4.51. The highest BCUT2D eigenvalue weighted by Crippen LogP contribution is 2.36. The summed E-state index contributed by atoms with van der Waals surface area (Å²) < 4.78 is 28.7. The van der Waals surface area contributed by atoms with Crippen LogP contribution in [0.1, 0.15) is 50.4 Å². The van der Waals surface area contributed by atoms with Gasteiger partial charge in [0.25, 0.3) is 5.56 Å². The van der Waals surface area contributed by atoms with Gasteiger partial charge in [-0.3, -0.25) is 19.0 Å². The molecular formula is C32H34N4O8S.